The van der Waals surface area contributed by atoms with Crippen molar-refractivity contribution < 1.29 is 17.6 Å². The highest BCUT2D eigenvalue weighted by atomic mass is 28.4. The first-order valence-corrected chi connectivity index (χ1v) is 10.5. The Labute approximate surface area is 129 Å². The van der Waals surface area contributed by atoms with Gasteiger partial charge in [0, 0.05) is 0 Å². The largest absolute Gasteiger partial charge is 0.417 e. The topological polar surface area (TPSA) is 9.23 Å². The van der Waals surface area contributed by atoms with Gasteiger partial charge in [0.1, 0.15) is 0 Å². The summed E-state index contributed by atoms with van der Waals surface area (Å²) < 4.78 is 45.1. The van der Waals surface area contributed by atoms with Crippen molar-refractivity contribution in [1.29, 1.82) is 0 Å². The molecule has 5 heteroatoms. The smallest absolute Gasteiger partial charge is 0.403 e. The summed E-state index contributed by atoms with van der Waals surface area (Å²) >= 11 is 0. The van der Waals surface area contributed by atoms with E-state index in [-0.39, 0.29) is 5.56 Å². The highest BCUT2D eigenvalue weighted by molar-refractivity contribution is 6.69. The van der Waals surface area contributed by atoms with Gasteiger partial charge in [0.2, 0.25) is 0 Å². The molecule has 0 saturated heterocycles. The van der Waals surface area contributed by atoms with Crippen LogP contribution in [0.4, 0.5) is 13.2 Å². The molecule has 2 aromatic carbocycles. The lowest BCUT2D eigenvalue weighted by atomic mass is 10.0. The summed E-state index contributed by atoms with van der Waals surface area (Å²) in [6.45, 7) is 5.26. The summed E-state index contributed by atoms with van der Waals surface area (Å²) in [4.78, 5) is 0. The van der Waals surface area contributed by atoms with Crippen molar-refractivity contribution in [3.8, 4) is 11.1 Å². The van der Waals surface area contributed by atoms with Gasteiger partial charge in [-0.2, -0.15) is 13.2 Å². The Kier molecular flexibility index (Phi) is 4.77. The Morgan fingerprint density at radius 2 is 1.32 bits per heavy atom. The Bertz CT molecular complexity index is 601. The molecule has 0 amide bonds. The maximum Gasteiger partial charge on any atom is 0.417 e. The summed E-state index contributed by atoms with van der Waals surface area (Å²) in [5.41, 5.74) is 2.01. The average Bonchev–Trinajstić information content (AvgIpc) is 2.44. The lowest BCUT2D eigenvalue weighted by Crippen LogP contribution is -2.34. The van der Waals surface area contributed by atoms with Gasteiger partial charge >= 0.3 is 6.18 Å². The van der Waals surface area contributed by atoms with Gasteiger partial charge in [-0.25, -0.2) is 0 Å². The first-order valence-electron chi connectivity index (χ1n) is 7.07. The molecule has 0 fully saturated rings. The van der Waals surface area contributed by atoms with E-state index in [9.17, 15) is 13.2 Å². The molecule has 2 rings (SSSR count). The fourth-order valence-corrected chi connectivity index (χ4v) is 3.14. The maximum absolute atomic E-state index is 13.3. The van der Waals surface area contributed by atoms with Crippen molar-refractivity contribution in [3.63, 3.8) is 0 Å². The van der Waals surface area contributed by atoms with Gasteiger partial charge in [-0.3, -0.25) is 0 Å². The number of rotatable bonds is 4. The summed E-state index contributed by atoms with van der Waals surface area (Å²) in [6, 6.07) is 16.0. The second kappa shape index (κ2) is 6.26. The van der Waals surface area contributed by atoms with Gasteiger partial charge in [0.15, 0.2) is 14.4 Å². The molecule has 0 aliphatic rings. The zero-order chi connectivity index (χ0) is 16.4. The summed E-state index contributed by atoms with van der Waals surface area (Å²) in [7, 11) is -2.31. The van der Waals surface area contributed by atoms with Crippen LogP contribution < -0.4 is 0 Å². The molecule has 0 spiro atoms. The predicted molar refractivity (Wildman–Crippen MR) is 85.1 cm³/mol. The monoisotopic (exact) mass is 324 g/mol. The number of alkyl halides is 3. The molecule has 0 saturated carbocycles. The van der Waals surface area contributed by atoms with Gasteiger partial charge in [0.25, 0.3) is 0 Å². The van der Waals surface area contributed by atoms with Crippen molar-refractivity contribution in [2.75, 3.05) is 0 Å². The Morgan fingerprint density at radius 3 is 1.77 bits per heavy atom. The highest BCUT2D eigenvalue weighted by Gasteiger charge is 2.44. The number of benzene rings is 2. The number of hydrogen-bond acceptors (Lipinski definition) is 1. The molecule has 1 nitrogen and oxygen atoms in total. The van der Waals surface area contributed by atoms with Crippen molar-refractivity contribution in [1.82, 2.24) is 0 Å². The van der Waals surface area contributed by atoms with Crippen LogP contribution in [0.1, 0.15) is 11.7 Å². The summed E-state index contributed by atoms with van der Waals surface area (Å²) in [5.74, 6) is 0. The first kappa shape index (κ1) is 16.8. The van der Waals surface area contributed by atoms with E-state index in [4.69, 9.17) is 4.43 Å². The van der Waals surface area contributed by atoms with Crippen molar-refractivity contribution in [2.45, 2.75) is 31.9 Å². The molecule has 0 radical (unpaired) electrons. The number of halogens is 3. The molecule has 0 bridgehead atoms. The minimum Gasteiger partial charge on any atom is -0.403 e. The van der Waals surface area contributed by atoms with Gasteiger partial charge in [0.05, 0.1) is 0 Å². The van der Waals surface area contributed by atoms with E-state index < -0.39 is 20.6 Å². The van der Waals surface area contributed by atoms with Crippen LogP contribution in [0.3, 0.4) is 0 Å². The summed E-state index contributed by atoms with van der Waals surface area (Å²) in [6.07, 6.45) is -6.27. The van der Waals surface area contributed by atoms with Gasteiger partial charge in [-0.05, 0) is 36.3 Å². The molecular formula is C17H19F3OSi. The lowest BCUT2D eigenvalue weighted by molar-refractivity contribution is -0.200. The van der Waals surface area contributed by atoms with E-state index in [2.05, 4.69) is 0 Å². The molecule has 1 atom stereocenters. The van der Waals surface area contributed by atoms with Crippen LogP contribution in [0.25, 0.3) is 11.1 Å². The molecule has 2 aromatic rings. The Hall–Kier alpha value is -1.59. The van der Waals surface area contributed by atoms with Crippen LogP contribution in [0, 0.1) is 0 Å². The minimum absolute atomic E-state index is 0.148. The molecule has 1 unspecified atom stereocenters. The average molecular weight is 324 g/mol. The third kappa shape index (κ3) is 4.45. The van der Waals surface area contributed by atoms with Crippen molar-refractivity contribution in [2.24, 2.45) is 0 Å². The van der Waals surface area contributed by atoms with E-state index in [0.717, 1.165) is 11.1 Å². The second-order valence-electron chi connectivity index (χ2n) is 6.14. The minimum atomic E-state index is -4.41. The Balaban J connectivity index is 2.30. The molecule has 118 valence electrons. The molecule has 0 aliphatic heterocycles. The van der Waals surface area contributed by atoms with Crippen LogP contribution in [0.15, 0.2) is 54.6 Å². The van der Waals surface area contributed by atoms with Crippen molar-refractivity contribution >= 4 is 8.32 Å². The maximum atomic E-state index is 13.3. The predicted octanol–water partition coefficient (Wildman–Crippen LogP) is 5.81. The van der Waals surface area contributed by atoms with Crippen LogP contribution in [-0.2, 0) is 4.43 Å². The van der Waals surface area contributed by atoms with E-state index in [1.165, 1.54) is 12.1 Å². The van der Waals surface area contributed by atoms with Crippen LogP contribution in [0.2, 0.25) is 19.6 Å². The van der Waals surface area contributed by atoms with Crippen molar-refractivity contribution in [3.05, 3.63) is 60.2 Å². The lowest BCUT2D eigenvalue weighted by Gasteiger charge is -2.28. The number of hydrogen-bond donors (Lipinski definition) is 0. The molecular weight excluding hydrogens is 305 g/mol. The highest BCUT2D eigenvalue weighted by Crippen LogP contribution is 2.38. The first-order chi connectivity index (χ1) is 10.2. The van der Waals surface area contributed by atoms with E-state index in [1.807, 2.05) is 30.3 Å². The van der Waals surface area contributed by atoms with Gasteiger partial charge in [-0.1, -0.05) is 54.6 Å². The molecule has 0 aliphatic carbocycles. The van der Waals surface area contributed by atoms with Crippen LogP contribution in [-0.4, -0.2) is 14.5 Å². The Morgan fingerprint density at radius 1 is 0.818 bits per heavy atom. The third-order valence-corrected chi connectivity index (χ3v) is 4.03. The standard InChI is InChI=1S/C17H19F3OSi/c1-22(2,3)21-16(17(18,19)20)15-11-9-14(10-12-15)13-7-5-4-6-8-13/h4-12,16H,1-3H3. The fraction of sp³-hybridized carbons (Fsp3) is 0.294. The van der Waals surface area contributed by atoms with Gasteiger partial charge < -0.3 is 4.43 Å². The van der Waals surface area contributed by atoms with Gasteiger partial charge in [-0.15, -0.1) is 0 Å². The molecule has 0 heterocycles. The van der Waals surface area contributed by atoms with Crippen LogP contribution in [0.5, 0.6) is 0 Å². The molecule has 22 heavy (non-hydrogen) atoms. The molecule has 0 aromatic heterocycles. The van der Waals surface area contributed by atoms with Crippen LogP contribution >= 0.6 is 0 Å². The summed E-state index contributed by atoms with van der Waals surface area (Å²) in [5, 5.41) is 0. The zero-order valence-electron chi connectivity index (χ0n) is 12.8. The quantitative estimate of drug-likeness (QED) is 0.645. The van der Waals surface area contributed by atoms with E-state index in [1.54, 1.807) is 31.8 Å². The van der Waals surface area contributed by atoms with E-state index >= 15 is 0 Å². The zero-order valence-corrected chi connectivity index (χ0v) is 13.8. The normalized spacial score (nSPS) is 13.9. The SMILES string of the molecule is C[Si](C)(C)OC(c1ccc(-c2ccccc2)cc1)C(F)(F)F. The van der Waals surface area contributed by atoms with E-state index in [0.29, 0.717) is 0 Å². The fourth-order valence-electron chi connectivity index (χ4n) is 2.16. The third-order valence-electron chi connectivity index (χ3n) is 3.09. The molecule has 0 N–H and O–H groups in total. The second-order valence-corrected chi connectivity index (χ2v) is 10.6.